The lowest BCUT2D eigenvalue weighted by Gasteiger charge is -2.31. The van der Waals surface area contributed by atoms with Gasteiger partial charge in [0, 0.05) is 24.7 Å². The Hall–Kier alpha value is -0.890. The highest BCUT2D eigenvalue weighted by atomic mass is 35.5. The third kappa shape index (κ3) is 3.48. The summed E-state index contributed by atoms with van der Waals surface area (Å²) < 4.78 is 45.9. The zero-order valence-corrected chi connectivity index (χ0v) is 13.3. The smallest absolute Gasteiger partial charge is 0.246 e. The van der Waals surface area contributed by atoms with E-state index >= 15 is 0 Å². The molecule has 0 aromatic heterocycles. The van der Waals surface area contributed by atoms with E-state index < -0.39 is 20.7 Å². The lowest BCUT2D eigenvalue weighted by atomic mass is 10.1. The van der Waals surface area contributed by atoms with Crippen molar-refractivity contribution < 1.29 is 17.5 Å². The van der Waals surface area contributed by atoms with Crippen molar-refractivity contribution in [3.05, 3.63) is 23.0 Å². The van der Waals surface area contributed by atoms with E-state index in [-0.39, 0.29) is 23.4 Å². The van der Waals surface area contributed by atoms with E-state index in [0.29, 0.717) is 19.6 Å². The van der Waals surface area contributed by atoms with Crippen LogP contribution >= 0.6 is 11.6 Å². The molecule has 0 radical (unpaired) electrons. The predicted molar refractivity (Wildman–Crippen MR) is 79.2 cm³/mol. The molecule has 0 spiro atoms. The zero-order valence-electron chi connectivity index (χ0n) is 11.7. The number of rotatable bonds is 4. The molecule has 2 N–H and O–H groups in total. The lowest BCUT2D eigenvalue weighted by Crippen LogP contribution is -2.43. The van der Waals surface area contributed by atoms with Crippen LogP contribution < -0.4 is 5.73 Å². The maximum absolute atomic E-state index is 14.1. The number of nitrogen functional groups attached to an aromatic ring is 1. The van der Waals surface area contributed by atoms with Gasteiger partial charge in [0.1, 0.15) is 4.90 Å². The summed E-state index contributed by atoms with van der Waals surface area (Å²) in [6.07, 6.45) is 1.29. The maximum Gasteiger partial charge on any atom is 0.246 e. The third-order valence-electron chi connectivity index (χ3n) is 3.39. The Morgan fingerprint density at radius 3 is 2.90 bits per heavy atom. The average Bonchev–Trinajstić information content (AvgIpc) is 2.43. The minimum Gasteiger partial charge on any atom is -0.396 e. The van der Waals surface area contributed by atoms with E-state index in [4.69, 9.17) is 22.1 Å². The summed E-state index contributed by atoms with van der Waals surface area (Å²) >= 11 is 5.79. The normalized spacial score (nSPS) is 20.6. The number of sulfonamides is 1. The average molecular weight is 337 g/mol. The molecule has 1 aromatic rings. The molecule has 5 nitrogen and oxygen atoms in total. The number of halogens is 2. The fraction of sp³-hybridized carbons (Fsp3) is 0.538. The fourth-order valence-electron chi connectivity index (χ4n) is 2.41. The number of anilines is 1. The summed E-state index contributed by atoms with van der Waals surface area (Å²) in [4.78, 5) is -0.482. The molecule has 118 valence electrons. The van der Waals surface area contributed by atoms with Crippen molar-refractivity contribution in [1.82, 2.24) is 4.31 Å². The van der Waals surface area contributed by atoms with Crippen LogP contribution in [0.1, 0.15) is 19.8 Å². The zero-order chi connectivity index (χ0) is 15.6. The molecule has 0 aliphatic carbocycles. The molecule has 1 atom stereocenters. The number of ether oxygens (including phenoxy) is 1. The molecule has 1 aromatic carbocycles. The van der Waals surface area contributed by atoms with Crippen LogP contribution in [0, 0.1) is 5.82 Å². The largest absolute Gasteiger partial charge is 0.396 e. The lowest BCUT2D eigenvalue weighted by molar-refractivity contribution is 0.0264. The summed E-state index contributed by atoms with van der Waals surface area (Å²) in [5.41, 5.74) is 5.18. The van der Waals surface area contributed by atoms with Crippen LogP contribution in [0.3, 0.4) is 0 Å². The van der Waals surface area contributed by atoms with Crippen LogP contribution in [-0.4, -0.2) is 38.5 Å². The van der Waals surface area contributed by atoms with E-state index in [1.54, 1.807) is 0 Å². The van der Waals surface area contributed by atoms with E-state index in [2.05, 4.69) is 0 Å². The van der Waals surface area contributed by atoms with Gasteiger partial charge in [0.2, 0.25) is 10.0 Å². The molecule has 21 heavy (non-hydrogen) atoms. The van der Waals surface area contributed by atoms with Crippen molar-refractivity contribution in [2.75, 3.05) is 25.4 Å². The van der Waals surface area contributed by atoms with Gasteiger partial charge >= 0.3 is 0 Å². The van der Waals surface area contributed by atoms with Crippen molar-refractivity contribution in [3.63, 3.8) is 0 Å². The summed E-state index contributed by atoms with van der Waals surface area (Å²) in [7, 11) is -3.98. The van der Waals surface area contributed by atoms with Crippen molar-refractivity contribution in [1.29, 1.82) is 0 Å². The van der Waals surface area contributed by atoms with E-state index in [9.17, 15) is 12.8 Å². The molecule has 1 unspecified atom stereocenters. The van der Waals surface area contributed by atoms with Gasteiger partial charge in [-0.15, -0.1) is 0 Å². The highest BCUT2D eigenvalue weighted by molar-refractivity contribution is 7.89. The molecule has 0 saturated carbocycles. The van der Waals surface area contributed by atoms with Crippen molar-refractivity contribution >= 4 is 27.3 Å². The number of hydrogen-bond acceptors (Lipinski definition) is 4. The highest BCUT2D eigenvalue weighted by Gasteiger charge is 2.33. The Labute approximate surface area is 128 Å². The molecule has 1 heterocycles. The van der Waals surface area contributed by atoms with Gasteiger partial charge in [-0.1, -0.05) is 11.6 Å². The number of nitrogens with zero attached hydrogens (tertiary/aromatic N) is 1. The molecule has 1 aliphatic rings. The number of hydrogen-bond donors (Lipinski definition) is 1. The van der Waals surface area contributed by atoms with Crippen molar-refractivity contribution in [3.8, 4) is 0 Å². The Morgan fingerprint density at radius 2 is 2.24 bits per heavy atom. The Kier molecular flexibility index (Phi) is 5.08. The minimum atomic E-state index is -3.98. The second kappa shape index (κ2) is 6.48. The fourth-order valence-corrected chi connectivity index (χ4v) is 4.33. The van der Waals surface area contributed by atoms with Crippen molar-refractivity contribution in [2.24, 2.45) is 0 Å². The Bertz CT molecular complexity index is 622. The van der Waals surface area contributed by atoms with Gasteiger partial charge in [0.05, 0.1) is 11.8 Å². The topological polar surface area (TPSA) is 72.6 Å². The van der Waals surface area contributed by atoms with Gasteiger partial charge in [-0.25, -0.2) is 12.8 Å². The van der Waals surface area contributed by atoms with E-state index in [1.165, 1.54) is 10.4 Å². The molecular weight excluding hydrogens is 319 g/mol. The number of nitrogens with two attached hydrogens (primary N) is 1. The second-order valence-corrected chi connectivity index (χ2v) is 7.23. The van der Waals surface area contributed by atoms with E-state index in [0.717, 1.165) is 12.5 Å². The Morgan fingerprint density at radius 1 is 1.52 bits per heavy atom. The van der Waals surface area contributed by atoms with Gasteiger partial charge in [-0.2, -0.15) is 4.31 Å². The van der Waals surface area contributed by atoms with Gasteiger partial charge < -0.3 is 10.5 Å². The van der Waals surface area contributed by atoms with Gasteiger partial charge in [-0.3, -0.25) is 0 Å². The predicted octanol–water partition coefficient (Wildman–Crippen LogP) is 2.25. The molecule has 0 amide bonds. The summed E-state index contributed by atoms with van der Waals surface area (Å²) in [5, 5.41) is 0.0887. The maximum atomic E-state index is 14.1. The summed E-state index contributed by atoms with van der Waals surface area (Å²) in [6, 6.07) is 2.28. The third-order valence-corrected chi connectivity index (χ3v) is 5.48. The molecule has 0 bridgehead atoms. The van der Waals surface area contributed by atoms with E-state index in [1.807, 2.05) is 6.92 Å². The quantitative estimate of drug-likeness (QED) is 0.856. The highest BCUT2D eigenvalue weighted by Crippen LogP contribution is 2.29. The second-order valence-electron chi connectivity index (χ2n) is 4.89. The first-order valence-electron chi connectivity index (χ1n) is 6.72. The minimum absolute atomic E-state index is 0.0887. The molecule has 1 fully saturated rings. The van der Waals surface area contributed by atoms with Gasteiger partial charge in [0.25, 0.3) is 0 Å². The monoisotopic (exact) mass is 336 g/mol. The molecule has 2 rings (SSSR count). The first-order valence-corrected chi connectivity index (χ1v) is 8.54. The summed E-state index contributed by atoms with van der Waals surface area (Å²) in [5.74, 6) is -0.960. The van der Waals surface area contributed by atoms with Crippen LogP contribution in [0.2, 0.25) is 5.02 Å². The van der Waals surface area contributed by atoms with Crippen LogP contribution in [0.15, 0.2) is 17.0 Å². The molecule has 1 saturated heterocycles. The van der Waals surface area contributed by atoms with Crippen LogP contribution in [0.4, 0.5) is 10.1 Å². The number of benzene rings is 1. The molecular formula is C13H18ClFN2O3S. The first-order chi connectivity index (χ1) is 9.86. The molecule has 8 heteroatoms. The summed E-state index contributed by atoms with van der Waals surface area (Å²) in [6.45, 7) is 2.90. The van der Waals surface area contributed by atoms with Crippen LogP contribution in [0.25, 0.3) is 0 Å². The van der Waals surface area contributed by atoms with Gasteiger partial charge in [0.15, 0.2) is 5.82 Å². The van der Waals surface area contributed by atoms with Gasteiger partial charge in [-0.05, 0) is 31.9 Å². The SMILES string of the molecule is CCOC1CCCN(S(=O)(=O)c2cc(Cl)cc(N)c2F)C1. The van der Waals surface area contributed by atoms with Crippen LogP contribution in [0.5, 0.6) is 0 Å². The molecule has 1 aliphatic heterocycles. The number of piperidine rings is 1. The first kappa shape index (κ1) is 16.5. The van der Waals surface area contributed by atoms with Crippen LogP contribution in [-0.2, 0) is 14.8 Å². The standard InChI is InChI=1S/C13H18ClFN2O3S/c1-2-20-10-4-3-5-17(8-10)21(18,19)12-7-9(14)6-11(16)13(12)15/h6-7,10H,2-5,8,16H2,1H3. The van der Waals surface area contributed by atoms with Crippen molar-refractivity contribution in [2.45, 2.75) is 30.8 Å². The Balaban J connectivity index is 2.34.